The summed E-state index contributed by atoms with van der Waals surface area (Å²) in [6.07, 6.45) is 0. The Morgan fingerprint density at radius 1 is 0.217 bits per heavy atom. The van der Waals surface area contributed by atoms with Crippen molar-refractivity contribution in [2.45, 2.75) is 33.9 Å². The van der Waals surface area contributed by atoms with Crippen molar-refractivity contribution in [3.63, 3.8) is 0 Å². The van der Waals surface area contributed by atoms with Gasteiger partial charge < -0.3 is 60.5 Å². The van der Waals surface area contributed by atoms with Gasteiger partial charge in [-0.3, -0.25) is 0 Å². The van der Waals surface area contributed by atoms with Crippen LogP contribution in [0.15, 0.2) is 291 Å². The molecule has 0 aromatic heterocycles. The van der Waals surface area contributed by atoms with E-state index in [1.165, 1.54) is 43.1 Å². The van der Waals surface area contributed by atoms with E-state index in [9.17, 15) is 51.1 Å². The largest absolute Gasteiger partial charge is 0.508 e. The first kappa shape index (κ1) is 72.3. The van der Waals surface area contributed by atoms with Gasteiger partial charge >= 0.3 is 0 Å². The van der Waals surface area contributed by atoms with Gasteiger partial charge in [0.1, 0.15) is 34.5 Å². The highest BCUT2D eigenvalue weighted by atomic mass is 16.5. The van der Waals surface area contributed by atoms with Gasteiger partial charge in [0.05, 0.1) is 40.6 Å². The third kappa shape index (κ3) is 11.8. The monoisotopic (exact) mass is 1500 g/mol. The summed E-state index contributed by atoms with van der Waals surface area (Å²) in [5.74, 6) is 2.86. The van der Waals surface area contributed by atoms with E-state index >= 15 is 0 Å². The molecule has 24 aromatic rings. The number of phenolic OH excluding ortho intramolecular Hbond substituents is 5. The Kier molecular flexibility index (Phi) is 18.1. The molecular weight excluding hydrogens is 1430 g/mol. The molecule has 24 aromatic carbocycles. The van der Waals surface area contributed by atoms with E-state index in [-0.39, 0.29) is 62.6 Å². The molecule has 0 atom stereocenters. The summed E-state index contributed by atoms with van der Waals surface area (Å²) in [5, 5.41) is 138. The number of benzene rings is 24. The van der Waals surface area contributed by atoms with Gasteiger partial charge in [-0.15, -0.1) is 0 Å². The van der Waals surface area contributed by atoms with Crippen LogP contribution in [0.5, 0.6) is 46.0 Å². The molecule has 0 aliphatic rings. The highest BCUT2D eigenvalue weighted by Crippen LogP contribution is 2.48. The second kappa shape index (κ2) is 28.8. The lowest BCUT2D eigenvalue weighted by Crippen LogP contribution is -1.91. The zero-order valence-corrected chi connectivity index (χ0v) is 61.8. The first-order valence-corrected chi connectivity index (χ1v) is 37.6. The normalized spacial score (nSPS) is 11.7. The molecule has 10 N–H and O–H groups in total. The van der Waals surface area contributed by atoms with Gasteiger partial charge in [-0.25, -0.2) is 0 Å². The molecule has 0 spiro atoms. The summed E-state index contributed by atoms with van der Waals surface area (Å²) in [6, 6.07) is 95.7. The summed E-state index contributed by atoms with van der Waals surface area (Å²) in [6.45, 7) is -0.208. The zero-order chi connectivity index (χ0) is 77.9. The molecule has 0 unspecified atom stereocenters. The number of aliphatic hydroxyl groups is 4. The molecule has 0 aliphatic heterocycles. The first-order valence-electron chi connectivity index (χ1n) is 37.6. The van der Waals surface area contributed by atoms with E-state index in [0.717, 1.165) is 173 Å². The van der Waals surface area contributed by atoms with Crippen molar-refractivity contribution < 1.29 is 60.5 Å². The van der Waals surface area contributed by atoms with Crippen LogP contribution in [0.2, 0.25) is 0 Å². The van der Waals surface area contributed by atoms with E-state index in [2.05, 4.69) is 103 Å². The van der Waals surface area contributed by atoms with Crippen molar-refractivity contribution in [3.8, 4) is 46.0 Å². The van der Waals surface area contributed by atoms with Crippen molar-refractivity contribution in [2.75, 3.05) is 14.2 Å². The number of aliphatic hydroxyl groups excluding tert-OH is 4. The van der Waals surface area contributed by atoms with E-state index in [0.29, 0.717) is 17.1 Å². The average Bonchev–Trinajstić information content (AvgIpc) is 0.807. The van der Waals surface area contributed by atoms with Crippen LogP contribution in [0.3, 0.4) is 0 Å². The Balaban J connectivity index is 0.0000000955. The molecule has 0 heterocycles. The molecule has 24 rings (SSSR count). The molecule has 0 radical (unpaired) electrons. The number of hydrogen-bond acceptors (Lipinski definition) is 12. The van der Waals surface area contributed by atoms with Crippen LogP contribution in [0.4, 0.5) is 0 Å². The predicted octanol–water partition coefficient (Wildman–Crippen LogP) is 24.4. The lowest BCUT2D eigenvalue weighted by atomic mass is 9.91. The van der Waals surface area contributed by atoms with Crippen LogP contribution in [0.1, 0.15) is 29.7 Å². The van der Waals surface area contributed by atoms with Gasteiger partial charge in [-0.05, 0) is 240 Å². The van der Waals surface area contributed by atoms with Crippen LogP contribution in [-0.2, 0) is 26.4 Å². The maximum atomic E-state index is 10.3. The maximum Gasteiger partial charge on any atom is 0.165 e. The fraction of sp³-hybridized carbons (Fsp3) is 0.0680. The lowest BCUT2D eigenvalue weighted by molar-refractivity contribution is 0.277. The van der Waals surface area contributed by atoms with Gasteiger partial charge in [0.25, 0.3) is 0 Å². The fourth-order valence-corrected chi connectivity index (χ4v) is 17.9. The minimum absolute atomic E-state index is 0. The van der Waals surface area contributed by atoms with Crippen molar-refractivity contribution in [1.29, 1.82) is 0 Å². The highest BCUT2D eigenvalue weighted by molar-refractivity contribution is 6.30. The van der Waals surface area contributed by atoms with E-state index in [1.54, 1.807) is 50.6 Å². The third-order valence-electron chi connectivity index (χ3n) is 23.1. The molecule has 0 bridgehead atoms. The molecule has 0 fully saturated rings. The van der Waals surface area contributed by atoms with Gasteiger partial charge in [0.2, 0.25) is 0 Å². The van der Waals surface area contributed by atoms with Crippen LogP contribution < -0.4 is 9.47 Å². The first-order chi connectivity index (χ1) is 55.7. The van der Waals surface area contributed by atoms with Crippen LogP contribution in [-0.4, -0.2) is 65.3 Å². The average molecular weight is 1510 g/mol. The van der Waals surface area contributed by atoms with Gasteiger partial charge in [-0.2, -0.15) is 0 Å². The van der Waals surface area contributed by atoms with Crippen molar-refractivity contribution in [3.05, 3.63) is 313 Å². The quantitative estimate of drug-likeness (QED) is 0.0703. The Morgan fingerprint density at radius 2 is 0.557 bits per heavy atom. The molecule has 0 saturated carbocycles. The van der Waals surface area contributed by atoms with Crippen LogP contribution >= 0.6 is 0 Å². The predicted molar refractivity (Wildman–Crippen MR) is 474 cm³/mol. The summed E-state index contributed by atoms with van der Waals surface area (Å²) in [5.41, 5.74) is 3.17. The zero-order valence-electron chi connectivity index (χ0n) is 61.8. The second-order valence-electron chi connectivity index (χ2n) is 29.2. The minimum Gasteiger partial charge on any atom is -0.508 e. The molecule has 0 saturated heterocycles. The second-order valence-corrected chi connectivity index (χ2v) is 29.2. The molecule has 12 heteroatoms. The smallest absolute Gasteiger partial charge is 0.165 e. The van der Waals surface area contributed by atoms with Gasteiger partial charge in [-0.1, -0.05) is 226 Å². The Labute approximate surface area is 658 Å². The van der Waals surface area contributed by atoms with Crippen LogP contribution in [0, 0.1) is 0 Å². The molecule has 115 heavy (non-hydrogen) atoms. The molecule has 12 nitrogen and oxygen atoms in total. The molecule has 0 amide bonds. The lowest BCUT2D eigenvalue weighted by Gasteiger charge is -2.14. The fourth-order valence-electron chi connectivity index (χ4n) is 17.9. The summed E-state index contributed by atoms with van der Waals surface area (Å²) in [7, 11) is 3.26. The number of phenols is 6. The van der Waals surface area contributed by atoms with E-state index in [4.69, 9.17) is 9.47 Å². The van der Waals surface area contributed by atoms with Crippen LogP contribution in [0.25, 0.3) is 194 Å². The van der Waals surface area contributed by atoms with Gasteiger partial charge in [0, 0.05) is 48.7 Å². The number of ether oxygens (including phenoxy) is 2. The van der Waals surface area contributed by atoms with E-state index in [1.807, 2.05) is 152 Å². The molecular formula is C103H76O12. The number of methoxy groups -OCH3 is 2. The summed E-state index contributed by atoms with van der Waals surface area (Å²) in [4.78, 5) is 0. The summed E-state index contributed by atoms with van der Waals surface area (Å²) < 4.78 is 10.6. The topological polar surface area (TPSA) is 221 Å². The van der Waals surface area contributed by atoms with Crippen molar-refractivity contribution >= 4 is 194 Å². The van der Waals surface area contributed by atoms with Crippen molar-refractivity contribution in [1.82, 2.24) is 0 Å². The standard InChI is InChI=1S/6C17H12O2.CH4/c1-19-13-8-11-3-2-10-5-7-15(18)14-6-4-12(9-13)16(11)17(10)14;1-19-14-9-12-6-5-10-3-2-4-11-7-8-13(17(14)18)16(12)15(10)11;18-9-13-4-2-10-1-3-11-7-14(19)8-12-5-6-15(13)17(10)16(11)12;18-9-12-8-14-15(19)7-6-11-5-4-10-2-1-3-13(12)16(10)17(11)14;18-9-13-8-12-3-1-2-10-4-5-11-6-7-14(19)16(13)17(11)15(10)12;18-9-14-13-7-6-11-3-1-2-10-4-5-12(8-15(14)19)17(13)16(10)11;/h2*2-9,18H,1H3;4*1-8,18-19H,9H2;1H4. The van der Waals surface area contributed by atoms with E-state index < -0.39 is 0 Å². The Bertz CT molecular complexity index is 7780. The molecule has 0 aliphatic carbocycles. The number of rotatable bonds is 6. The van der Waals surface area contributed by atoms with Crippen molar-refractivity contribution in [2.24, 2.45) is 0 Å². The third-order valence-corrected chi connectivity index (χ3v) is 23.1. The van der Waals surface area contributed by atoms with Gasteiger partial charge in [0.15, 0.2) is 11.5 Å². The number of aromatic hydroxyl groups is 6. The SMILES string of the molecule is C.COc1cc2ccc3ccc(O)c4ccc(c1)c2c34.COc1cc2ccc3cccc4ccc(c1O)c2c34.OCc1c(O)cc2ccc3cccc4ccc1c2c34.OCc1cc2c(O)ccc3ccc4cccc1c4c32.OCc1cc2cccc3ccc4ccc(O)c1c4c32.OCc1ccc2ccc3cc(O)cc4ccc1c2c34. The maximum absolute atomic E-state index is 10.3. The Morgan fingerprint density at radius 3 is 1.10 bits per heavy atom. The minimum atomic E-state index is -0.153. The summed E-state index contributed by atoms with van der Waals surface area (Å²) >= 11 is 0. The molecule has 560 valence electrons. The Hall–Kier alpha value is -14.2. The highest BCUT2D eigenvalue weighted by Gasteiger charge is 2.21. The number of hydrogen-bond donors (Lipinski definition) is 10.